The van der Waals surface area contributed by atoms with Gasteiger partial charge in [0.05, 0.1) is 6.10 Å². The van der Waals surface area contributed by atoms with E-state index in [1.54, 1.807) is 0 Å². The summed E-state index contributed by atoms with van der Waals surface area (Å²) < 4.78 is 5.91. The van der Waals surface area contributed by atoms with Crippen molar-refractivity contribution in [2.24, 2.45) is 0 Å². The van der Waals surface area contributed by atoms with Gasteiger partial charge >= 0.3 is 0 Å². The second-order valence-electron chi connectivity index (χ2n) is 6.94. The van der Waals surface area contributed by atoms with Crippen LogP contribution in [0.25, 0.3) is 0 Å². The smallest absolute Gasteiger partial charge is 0.0702 e. The van der Waals surface area contributed by atoms with E-state index in [0.29, 0.717) is 12.1 Å². The van der Waals surface area contributed by atoms with Crippen LogP contribution in [0.15, 0.2) is 0 Å². The predicted molar refractivity (Wildman–Crippen MR) is 82.7 cm³/mol. The molecule has 2 atom stereocenters. The molecule has 0 aromatic rings. The summed E-state index contributed by atoms with van der Waals surface area (Å²) in [7, 11) is 0. The molecule has 0 aliphatic carbocycles. The first-order valence-corrected chi connectivity index (χ1v) is 8.03. The lowest BCUT2D eigenvalue weighted by atomic mass is 10.0. The average molecular weight is 270 g/mol. The topological polar surface area (TPSA) is 24.5 Å². The molecule has 0 aromatic heterocycles. The van der Waals surface area contributed by atoms with E-state index < -0.39 is 0 Å². The fraction of sp³-hybridized carbons (Fsp3) is 1.00. The Hall–Kier alpha value is -0.120. The van der Waals surface area contributed by atoms with Crippen molar-refractivity contribution in [3.63, 3.8) is 0 Å². The number of likely N-dealkylation sites (tertiary alicyclic amines) is 1. The zero-order valence-electron chi connectivity index (χ0n) is 13.7. The van der Waals surface area contributed by atoms with Crippen molar-refractivity contribution in [2.75, 3.05) is 26.2 Å². The van der Waals surface area contributed by atoms with Gasteiger partial charge < -0.3 is 10.1 Å². The van der Waals surface area contributed by atoms with Gasteiger partial charge in [-0.05, 0) is 66.5 Å². The van der Waals surface area contributed by atoms with Crippen molar-refractivity contribution in [3.05, 3.63) is 0 Å². The van der Waals surface area contributed by atoms with Crippen molar-refractivity contribution in [3.8, 4) is 0 Å². The van der Waals surface area contributed by atoms with E-state index in [0.717, 1.165) is 26.1 Å². The second kappa shape index (κ2) is 8.23. The highest BCUT2D eigenvalue weighted by molar-refractivity contribution is 4.79. The van der Waals surface area contributed by atoms with Crippen LogP contribution in [0, 0.1) is 0 Å². The first-order chi connectivity index (χ1) is 8.92. The molecular weight excluding hydrogens is 236 g/mol. The minimum atomic E-state index is 0.231. The van der Waals surface area contributed by atoms with Crippen LogP contribution >= 0.6 is 0 Å². The number of piperidine rings is 1. The molecular formula is C16H34N2O. The summed E-state index contributed by atoms with van der Waals surface area (Å²) in [6, 6.07) is 0.655. The van der Waals surface area contributed by atoms with Crippen molar-refractivity contribution in [1.82, 2.24) is 10.2 Å². The summed E-state index contributed by atoms with van der Waals surface area (Å²) in [5, 5.41) is 3.58. The number of rotatable bonds is 7. The maximum Gasteiger partial charge on any atom is 0.0702 e. The number of nitrogens with zero attached hydrogens (tertiary/aromatic N) is 1. The van der Waals surface area contributed by atoms with Gasteiger partial charge in [-0.15, -0.1) is 0 Å². The molecule has 114 valence electrons. The Kier molecular flexibility index (Phi) is 7.33. The fourth-order valence-corrected chi connectivity index (χ4v) is 2.63. The van der Waals surface area contributed by atoms with Crippen LogP contribution in [-0.4, -0.2) is 48.8 Å². The average Bonchev–Trinajstić information content (AvgIpc) is 2.35. The summed E-state index contributed by atoms with van der Waals surface area (Å²) >= 11 is 0. The molecule has 1 fully saturated rings. The highest BCUT2D eigenvalue weighted by atomic mass is 16.5. The maximum atomic E-state index is 5.91. The Balaban J connectivity index is 2.25. The van der Waals surface area contributed by atoms with Crippen molar-refractivity contribution in [2.45, 2.75) is 78.0 Å². The third-order valence-electron chi connectivity index (χ3n) is 3.81. The SMILES string of the molecule is CCCOC1CCCN(C(C)CCNC(C)(C)C)C1. The van der Waals surface area contributed by atoms with E-state index in [1.807, 2.05) is 0 Å². The summed E-state index contributed by atoms with van der Waals surface area (Å²) in [5.74, 6) is 0. The molecule has 1 N–H and O–H groups in total. The van der Waals surface area contributed by atoms with E-state index in [4.69, 9.17) is 4.74 Å². The van der Waals surface area contributed by atoms with Gasteiger partial charge in [0.25, 0.3) is 0 Å². The number of hydrogen-bond donors (Lipinski definition) is 1. The molecule has 0 radical (unpaired) electrons. The highest BCUT2D eigenvalue weighted by Gasteiger charge is 2.23. The van der Waals surface area contributed by atoms with Crippen LogP contribution in [0.4, 0.5) is 0 Å². The van der Waals surface area contributed by atoms with Gasteiger partial charge in [-0.1, -0.05) is 6.92 Å². The summed E-state index contributed by atoms with van der Waals surface area (Å²) in [6.45, 7) is 15.6. The second-order valence-corrected chi connectivity index (χ2v) is 6.94. The molecule has 1 aliphatic rings. The van der Waals surface area contributed by atoms with Crippen molar-refractivity contribution in [1.29, 1.82) is 0 Å². The summed E-state index contributed by atoms with van der Waals surface area (Å²) in [4.78, 5) is 2.61. The fourth-order valence-electron chi connectivity index (χ4n) is 2.63. The molecule has 19 heavy (non-hydrogen) atoms. The van der Waals surface area contributed by atoms with E-state index >= 15 is 0 Å². The molecule has 2 unspecified atom stereocenters. The molecule has 0 saturated carbocycles. The summed E-state index contributed by atoms with van der Waals surface area (Å²) in [6.07, 6.45) is 5.33. The first kappa shape index (κ1) is 16.9. The molecule has 0 bridgehead atoms. The van der Waals surface area contributed by atoms with Crippen LogP contribution < -0.4 is 5.32 Å². The van der Waals surface area contributed by atoms with E-state index in [1.165, 1.54) is 25.8 Å². The van der Waals surface area contributed by atoms with Gasteiger partial charge in [0.1, 0.15) is 0 Å². The minimum Gasteiger partial charge on any atom is -0.377 e. The number of nitrogens with one attached hydrogen (secondary N) is 1. The van der Waals surface area contributed by atoms with E-state index in [2.05, 4.69) is 44.8 Å². The van der Waals surface area contributed by atoms with Crippen LogP contribution in [-0.2, 0) is 4.74 Å². The van der Waals surface area contributed by atoms with Crippen LogP contribution in [0.3, 0.4) is 0 Å². The van der Waals surface area contributed by atoms with Gasteiger partial charge in [0.15, 0.2) is 0 Å². The Morgan fingerprint density at radius 1 is 1.37 bits per heavy atom. The quantitative estimate of drug-likeness (QED) is 0.769. The largest absolute Gasteiger partial charge is 0.377 e. The third-order valence-corrected chi connectivity index (χ3v) is 3.81. The lowest BCUT2D eigenvalue weighted by Crippen LogP contribution is -2.46. The molecule has 3 nitrogen and oxygen atoms in total. The molecule has 1 heterocycles. The van der Waals surface area contributed by atoms with Crippen molar-refractivity contribution >= 4 is 0 Å². The lowest BCUT2D eigenvalue weighted by Gasteiger charge is -2.37. The molecule has 1 aliphatic heterocycles. The van der Waals surface area contributed by atoms with Gasteiger partial charge in [-0.2, -0.15) is 0 Å². The molecule has 1 saturated heterocycles. The van der Waals surface area contributed by atoms with Crippen LogP contribution in [0.5, 0.6) is 0 Å². The minimum absolute atomic E-state index is 0.231. The molecule has 3 heteroatoms. The Morgan fingerprint density at radius 3 is 2.74 bits per heavy atom. The number of ether oxygens (including phenoxy) is 1. The number of hydrogen-bond acceptors (Lipinski definition) is 3. The molecule has 0 aromatic carbocycles. The van der Waals surface area contributed by atoms with E-state index in [9.17, 15) is 0 Å². The van der Waals surface area contributed by atoms with Gasteiger partial charge in [0.2, 0.25) is 0 Å². The maximum absolute atomic E-state index is 5.91. The monoisotopic (exact) mass is 270 g/mol. The van der Waals surface area contributed by atoms with Crippen LogP contribution in [0.2, 0.25) is 0 Å². The Bertz CT molecular complexity index is 237. The molecule has 1 rings (SSSR count). The Morgan fingerprint density at radius 2 is 2.11 bits per heavy atom. The van der Waals surface area contributed by atoms with Gasteiger partial charge in [0, 0.05) is 24.7 Å². The molecule has 0 spiro atoms. The summed E-state index contributed by atoms with van der Waals surface area (Å²) in [5.41, 5.74) is 0.231. The molecule has 0 amide bonds. The normalized spacial score (nSPS) is 23.5. The first-order valence-electron chi connectivity index (χ1n) is 8.03. The van der Waals surface area contributed by atoms with Gasteiger partial charge in [-0.3, -0.25) is 4.90 Å². The van der Waals surface area contributed by atoms with Crippen LogP contribution in [0.1, 0.15) is 60.3 Å². The van der Waals surface area contributed by atoms with Gasteiger partial charge in [-0.25, -0.2) is 0 Å². The Labute approximate surface area is 120 Å². The zero-order chi connectivity index (χ0) is 14.3. The third kappa shape index (κ3) is 7.28. The highest BCUT2D eigenvalue weighted by Crippen LogP contribution is 2.17. The lowest BCUT2D eigenvalue weighted by molar-refractivity contribution is -0.0113. The van der Waals surface area contributed by atoms with E-state index in [-0.39, 0.29) is 5.54 Å². The zero-order valence-corrected chi connectivity index (χ0v) is 13.7. The van der Waals surface area contributed by atoms with Crippen molar-refractivity contribution < 1.29 is 4.74 Å². The predicted octanol–water partition coefficient (Wildman–Crippen LogP) is 3.04. The standard InChI is InChI=1S/C16H34N2O/c1-6-12-19-15-8-7-11-18(13-15)14(2)9-10-17-16(3,4)5/h14-15,17H,6-13H2,1-5H3.